The second-order valence-corrected chi connectivity index (χ2v) is 9.86. The first kappa shape index (κ1) is 33.0. The third-order valence-corrected chi connectivity index (χ3v) is 6.50. The molecule has 0 saturated heterocycles. The number of hydrogen-bond donors (Lipinski definition) is 1. The van der Waals surface area contributed by atoms with Gasteiger partial charge in [-0.05, 0) is 43.5 Å². The maximum absolute atomic E-state index is 13.2. The van der Waals surface area contributed by atoms with Crippen molar-refractivity contribution in [3.8, 4) is 11.8 Å². The van der Waals surface area contributed by atoms with Crippen molar-refractivity contribution in [2.75, 3.05) is 64.3 Å². The predicted molar refractivity (Wildman–Crippen MR) is 160 cm³/mol. The highest BCUT2D eigenvalue weighted by atomic mass is 16.6. The smallest absolute Gasteiger partial charge is 0.227 e. The molecule has 1 heterocycles. The second kappa shape index (κ2) is 19.5. The zero-order chi connectivity index (χ0) is 29.8. The summed E-state index contributed by atoms with van der Waals surface area (Å²) in [5.41, 5.74) is 3.62. The van der Waals surface area contributed by atoms with Gasteiger partial charge in [-0.15, -0.1) is 0 Å². The highest BCUT2D eigenvalue weighted by Crippen LogP contribution is 2.26. The number of ketones is 1. The van der Waals surface area contributed by atoms with E-state index in [1.807, 2.05) is 53.4 Å². The molecule has 0 fully saturated rings. The van der Waals surface area contributed by atoms with Gasteiger partial charge in [-0.25, -0.2) is 0 Å². The van der Waals surface area contributed by atoms with Crippen molar-refractivity contribution in [3.63, 3.8) is 0 Å². The summed E-state index contributed by atoms with van der Waals surface area (Å²) in [5, 5.41) is 2.85. The van der Waals surface area contributed by atoms with Gasteiger partial charge < -0.3 is 29.2 Å². The first-order chi connectivity index (χ1) is 20.5. The number of amides is 2. The average Bonchev–Trinajstić information content (AvgIpc) is 2.98. The van der Waals surface area contributed by atoms with E-state index < -0.39 is 0 Å². The van der Waals surface area contributed by atoms with Crippen LogP contribution in [0.2, 0.25) is 0 Å². The number of nitrogens with one attached hydrogen (secondary N) is 1. The summed E-state index contributed by atoms with van der Waals surface area (Å²) < 4.78 is 21.6. The van der Waals surface area contributed by atoms with Crippen LogP contribution in [0.4, 0.5) is 5.69 Å². The topological polar surface area (TPSA) is 103 Å². The van der Waals surface area contributed by atoms with Crippen LogP contribution < -0.4 is 10.2 Å². The predicted octanol–water partition coefficient (Wildman–Crippen LogP) is 3.66. The lowest BCUT2D eigenvalue weighted by molar-refractivity contribution is -0.122. The van der Waals surface area contributed by atoms with Crippen molar-refractivity contribution in [1.82, 2.24) is 5.32 Å². The molecule has 42 heavy (non-hydrogen) atoms. The largest absolute Gasteiger partial charge is 0.379 e. The summed E-state index contributed by atoms with van der Waals surface area (Å²) in [5.74, 6) is 6.54. The fourth-order valence-electron chi connectivity index (χ4n) is 4.23. The van der Waals surface area contributed by atoms with E-state index in [2.05, 4.69) is 17.2 Å². The molecule has 0 atom stereocenters. The minimum Gasteiger partial charge on any atom is -0.379 e. The number of ether oxygens (including phenoxy) is 4. The summed E-state index contributed by atoms with van der Waals surface area (Å²) in [4.78, 5) is 38.0. The Morgan fingerprint density at radius 1 is 0.714 bits per heavy atom. The number of fused-ring (bicyclic) bond motifs is 2. The van der Waals surface area contributed by atoms with E-state index in [-0.39, 0.29) is 17.6 Å². The average molecular weight is 579 g/mol. The van der Waals surface area contributed by atoms with Crippen molar-refractivity contribution in [1.29, 1.82) is 0 Å². The van der Waals surface area contributed by atoms with Crippen LogP contribution in [0.3, 0.4) is 0 Å². The lowest BCUT2D eigenvalue weighted by atomic mass is 10.0. The Balaban J connectivity index is 1.20. The third-order valence-electron chi connectivity index (χ3n) is 6.50. The van der Waals surface area contributed by atoms with Gasteiger partial charge in [0.25, 0.3) is 0 Å². The Hall–Kier alpha value is -3.55. The van der Waals surface area contributed by atoms with Crippen LogP contribution in [0.5, 0.6) is 0 Å². The van der Waals surface area contributed by atoms with Crippen LogP contribution >= 0.6 is 0 Å². The number of hydrogen-bond acceptors (Lipinski definition) is 7. The summed E-state index contributed by atoms with van der Waals surface area (Å²) >= 11 is 0. The third kappa shape index (κ3) is 12.5. The Morgan fingerprint density at radius 3 is 2.00 bits per heavy atom. The number of nitrogens with zero attached hydrogens (tertiary/aromatic N) is 1. The number of para-hydroxylation sites is 1. The molecule has 2 amide bonds. The van der Waals surface area contributed by atoms with E-state index in [1.54, 1.807) is 6.92 Å². The van der Waals surface area contributed by atoms with Crippen molar-refractivity contribution < 1.29 is 33.3 Å². The second-order valence-electron chi connectivity index (χ2n) is 9.86. The number of anilines is 1. The highest BCUT2D eigenvalue weighted by molar-refractivity contribution is 5.95. The molecule has 1 N–H and O–H groups in total. The zero-order valence-corrected chi connectivity index (χ0v) is 24.5. The highest BCUT2D eigenvalue weighted by Gasteiger charge is 2.20. The van der Waals surface area contributed by atoms with E-state index in [9.17, 15) is 14.4 Å². The number of rotatable bonds is 20. The lowest BCUT2D eigenvalue weighted by Gasteiger charge is -2.26. The zero-order valence-electron chi connectivity index (χ0n) is 24.5. The lowest BCUT2D eigenvalue weighted by Crippen LogP contribution is -2.31. The van der Waals surface area contributed by atoms with Gasteiger partial charge in [0.2, 0.25) is 11.8 Å². The fraction of sp³-hybridized carbons (Fsp3) is 0.485. The summed E-state index contributed by atoms with van der Waals surface area (Å²) in [6.45, 7) is 5.99. The molecule has 9 heteroatoms. The van der Waals surface area contributed by atoms with Crippen molar-refractivity contribution in [2.24, 2.45) is 0 Å². The van der Waals surface area contributed by atoms with E-state index >= 15 is 0 Å². The molecular formula is C33H42N2O7. The van der Waals surface area contributed by atoms with Crippen LogP contribution in [-0.4, -0.2) is 77.0 Å². The monoisotopic (exact) mass is 578 g/mol. The summed E-state index contributed by atoms with van der Waals surface area (Å²) in [7, 11) is 0. The molecule has 0 aliphatic carbocycles. The molecule has 0 bridgehead atoms. The maximum Gasteiger partial charge on any atom is 0.227 e. The van der Waals surface area contributed by atoms with Crippen LogP contribution in [0.15, 0.2) is 48.5 Å². The quantitative estimate of drug-likeness (QED) is 0.189. The summed E-state index contributed by atoms with van der Waals surface area (Å²) in [6, 6.07) is 15.6. The number of benzene rings is 2. The molecule has 0 spiro atoms. The van der Waals surface area contributed by atoms with E-state index in [0.717, 1.165) is 22.4 Å². The van der Waals surface area contributed by atoms with E-state index in [0.29, 0.717) is 98.0 Å². The SMILES string of the molecule is CC(=O)CCOCCOCCOCCOCCNC(=O)CCCCC(=O)N1Cc2ccccc2C#Cc2ccccc21. The Bertz CT molecular complexity index is 1200. The molecule has 2 aromatic carbocycles. The number of Topliss-reactive ketones (excluding diaryl/α,β-unsaturated/α-hetero) is 1. The standard InChI is InChI=1S/C33H42N2O7/c1-27(36)16-18-39-20-22-41-24-25-42-23-21-40-19-17-34-32(37)12-6-7-13-33(38)35-26-30-10-3-2-8-28(30)14-15-29-9-4-5-11-31(29)35/h2-5,8-11H,6-7,12-13,16-26H2,1H3,(H,34,37). The maximum atomic E-state index is 13.2. The van der Waals surface area contributed by atoms with E-state index in [4.69, 9.17) is 18.9 Å². The Labute approximate surface area is 248 Å². The van der Waals surface area contributed by atoms with Crippen LogP contribution in [0.1, 0.15) is 55.7 Å². The van der Waals surface area contributed by atoms with Gasteiger partial charge in [-0.1, -0.05) is 42.2 Å². The van der Waals surface area contributed by atoms with Gasteiger partial charge in [0.15, 0.2) is 0 Å². The van der Waals surface area contributed by atoms with Crippen molar-refractivity contribution >= 4 is 23.3 Å². The minimum atomic E-state index is -0.0504. The molecule has 3 rings (SSSR count). The van der Waals surface area contributed by atoms with Gasteiger partial charge in [-0.2, -0.15) is 0 Å². The fourth-order valence-corrected chi connectivity index (χ4v) is 4.23. The van der Waals surface area contributed by atoms with Gasteiger partial charge in [0.05, 0.1) is 65.1 Å². The van der Waals surface area contributed by atoms with Gasteiger partial charge in [0, 0.05) is 36.9 Å². The van der Waals surface area contributed by atoms with Crippen LogP contribution in [-0.2, 0) is 39.9 Å². The molecule has 0 radical (unpaired) electrons. The molecule has 0 unspecified atom stereocenters. The number of unbranched alkanes of at least 4 members (excludes halogenated alkanes) is 1. The van der Waals surface area contributed by atoms with Crippen molar-refractivity contribution in [2.45, 2.75) is 45.6 Å². The molecular weight excluding hydrogens is 536 g/mol. The molecule has 1 aliphatic heterocycles. The molecule has 2 aromatic rings. The first-order valence-corrected chi connectivity index (χ1v) is 14.6. The minimum absolute atomic E-state index is 0.0266. The van der Waals surface area contributed by atoms with Gasteiger partial charge in [0.1, 0.15) is 5.78 Å². The number of carbonyl (C=O) groups excluding carboxylic acids is 3. The molecule has 0 aromatic heterocycles. The molecule has 1 aliphatic rings. The van der Waals surface area contributed by atoms with Crippen LogP contribution in [0.25, 0.3) is 0 Å². The Kier molecular flexibility index (Phi) is 15.3. The number of carbonyl (C=O) groups is 3. The summed E-state index contributed by atoms with van der Waals surface area (Å²) in [6.07, 6.45) is 2.41. The van der Waals surface area contributed by atoms with Crippen LogP contribution in [0, 0.1) is 11.8 Å². The van der Waals surface area contributed by atoms with E-state index in [1.165, 1.54) is 0 Å². The van der Waals surface area contributed by atoms with Gasteiger partial charge in [-0.3, -0.25) is 14.4 Å². The molecule has 0 saturated carbocycles. The van der Waals surface area contributed by atoms with Crippen molar-refractivity contribution in [3.05, 3.63) is 65.2 Å². The molecule has 9 nitrogen and oxygen atoms in total. The molecule has 226 valence electrons. The van der Waals surface area contributed by atoms with Gasteiger partial charge >= 0.3 is 0 Å². The Morgan fingerprint density at radius 2 is 1.29 bits per heavy atom. The first-order valence-electron chi connectivity index (χ1n) is 14.6. The normalized spacial score (nSPS) is 11.9.